The minimum absolute atomic E-state index is 0.290. The van der Waals surface area contributed by atoms with Crippen LogP contribution in [0.25, 0.3) is 0 Å². The van der Waals surface area contributed by atoms with Crippen LogP contribution in [0, 0.1) is 0 Å². The second-order valence-electron chi connectivity index (χ2n) is 3.01. The highest BCUT2D eigenvalue weighted by atomic mass is 19.4. The lowest BCUT2D eigenvalue weighted by Crippen LogP contribution is -2.41. The lowest BCUT2D eigenvalue weighted by molar-refractivity contribution is -0.293. The molecule has 124 valence electrons. The van der Waals surface area contributed by atoms with Crippen LogP contribution in [0.1, 0.15) is 13.8 Å². The van der Waals surface area contributed by atoms with Gasteiger partial charge in [-0.15, -0.1) is 0 Å². The van der Waals surface area contributed by atoms with E-state index in [0.29, 0.717) is 0 Å². The minimum Gasteiger partial charge on any atom is -0.480 e. The molecule has 0 aliphatic heterocycles. The number of rotatable bonds is 5. The number of methoxy groups -OCH3 is 2. The van der Waals surface area contributed by atoms with Crippen LogP contribution in [0.4, 0.5) is 22.0 Å². The zero-order chi connectivity index (χ0) is 17.3. The number of alkyl halides is 5. The third-order valence-corrected chi connectivity index (χ3v) is 1.66. The summed E-state index contributed by atoms with van der Waals surface area (Å²) in [5, 5.41) is 0. The lowest BCUT2D eigenvalue weighted by Gasteiger charge is -2.20. The number of carbonyl (C=O) groups excluding carboxylic acids is 2. The number of carbonyl (C=O) groups is 2. The van der Waals surface area contributed by atoms with Gasteiger partial charge in [0.05, 0.1) is 20.3 Å². The van der Waals surface area contributed by atoms with Crippen LogP contribution in [-0.2, 0) is 23.8 Å². The highest BCUT2D eigenvalue weighted by Gasteiger charge is 2.58. The molecular formula is C11H15F5O5. The quantitative estimate of drug-likeness (QED) is 0.337. The molecular weight excluding hydrogens is 307 g/mol. The van der Waals surface area contributed by atoms with Crippen molar-refractivity contribution in [2.24, 2.45) is 0 Å². The summed E-state index contributed by atoms with van der Waals surface area (Å²) in [5.74, 6) is -8.90. The first-order valence-corrected chi connectivity index (χ1v) is 5.50. The van der Waals surface area contributed by atoms with Gasteiger partial charge >= 0.3 is 24.0 Å². The third kappa shape index (κ3) is 7.47. The maximum Gasteiger partial charge on any atom is 0.456 e. The Morgan fingerprint density at radius 3 is 1.81 bits per heavy atom. The predicted molar refractivity (Wildman–Crippen MR) is 60.4 cm³/mol. The number of hydrogen-bond acceptors (Lipinski definition) is 5. The Kier molecular flexibility index (Phi) is 9.32. The highest BCUT2D eigenvalue weighted by molar-refractivity contribution is 5.94. The molecule has 0 fully saturated rings. The van der Waals surface area contributed by atoms with E-state index in [1.54, 1.807) is 0 Å². The van der Waals surface area contributed by atoms with E-state index in [9.17, 15) is 31.5 Å². The maximum absolute atomic E-state index is 12.5. The topological polar surface area (TPSA) is 61.8 Å². The molecule has 0 aromatic heterocycles. The van der Waals surface area contributed by atoms with Crippen molar-refractivity contribution in [2.45, 2.75) is 25.9 Å². The molecule has 0 aliphatic carbocycles. The van der Waals surface area contributed by atoms with Gasteiger partial charge < -0.3 is 14.2 Å². The molecule has 10 heteroatoms. The van der Waals surface area contributed by atoms with Gasteiger partial charge in [-0.25, -0.2) is 9.59 Å². The molecule has 21 heavy (non-hydrogen) atoms. The standard InChI is InChI=1S/C9H9F5O5.C2H6/c1-17-6(15)3-5(7(16)18-2)19-4-8(10,11)9(12,13)14;1-2/h3H,4H2,1-2H3;1-2H3/b5-3+;. The van der Waals surface area contributed by atoms with E-state index >= 15 is 0 Å². The zero-order valence-electron chi connectivity index (χ0n) is 11.7. The first-order valence-electron chi connectivity index (χ1n) is 5.50. The van der Waals surface area contributed by atoms with Crippen molar-refractivity contribution in [1.29, 1.82) is 0 Å². The normalized spacial score (nSPS) is 12.0. The molecule has 0 radical (unpaired) electrons. The monoisotopic (exact) mass is 322 g/mol. The van der Waals surface area contributed by atoms with Gasteiger partial charge in [-0.3, -0.25) is 0 Å². The summed E-state index contributed by atoms with van der Waals surface area (Å²) in [6, 6.07) is 0. The van der Waals surface area contributed by atoms with Crippen LogP contribution in [0.5, 0.6) is 0 Å². The molecule has 0 unspecified atom stereocenters. The van der Waals surface area contributed by atoms with Gasteiger partial charge in [-0.05, 0) is 0 Å². The zero-order valence-corrected chi connectivity index (χ0v) is 11.7. The summed E-state index contributed by atoms with van der Waals surface area (Å²) >= 11 is 0. The lowest BCUT2D eigenvalue weighted by atomic mass is 10.3. The first-order chi connectivity index (χ1) is 9.55. The molecule has 0 heterocycles. The van der Waals surface area contributed by atoms with Crippen LogP contribution < -0.4 is 0 Å². The van der Waals surface area contributed by atoms with E-state index in [4.69, 9.17) is 0 Å². The molecule has 0 saturated heterocycles. The smallest absolute Gasteiger partial charge is 0.456 e. The summed E-state index contributed by atoms with van der Waals surface area (Å²) in [6.07, 6.45) is -5.56. The molecule has 0 spiro atoms. The van der Waals surface area contributed by atoms with Crippen molar-refractivity contribution in [3.05, 3.63) is 11.8 Å². The Labute approximate surface area is 117 Å². The number of halogens is 5. The SMILES string of the molecule is CC.COC(=O)/C=C(/OCC(F)(F)C(F)(F)F)C(=O)OC. The Balaban J connectivity index is 0. The van der Waals surface area contributed by atoms with Gasteiger partial charge in [0, 0.05) is 0 Å². The predicted octanol–water partition coefficient (Wildman–Crippen LogP) is 2.46. The number of hydrogen-bond donors (Lipinski definition) is 0. The summed E-state index contributed by atoms with van der Waals surface area (Å²) in [6.45, 7) is 1.83. The van der Waals surface area contributed by atoms with Crippen molar-refractivity contribution < 1.29 is 45.8 Å². The van der Waals surface area contributed by atoms with Gasteiger partial charge in [0.25, 0.3) is 0 Å². The molecule has 0 rings (SSSR count). The summed E-state index contributed by atoms with van der Waals surface area (Å²) < 4.78 is 72.7. The van der Waals surface area contributed by atoms with E-state index in [2.05, 4.69) is 14.2 Å². The first kappa shape index (κ1) is 21.4. The molecule has 0 aromatic carbocycles. The fourth-order valence-corrected chi connectivity index (χ4v) is 0.676. The van der Waals surface area contributed by atoms with Gasteiger partial charge in [-0.2, -0.15) is 22.0 Å². The van der Waals surface area contributed by atoms with Crippen molar-refractivity contribution >= 4 is 11.9 Å². The summed E-state index contributed by atoms with van der Waals surface area (Å²) in [4.78, 5) is 21.7. The second kappa shape index (κ2) is 9.14. The molecule has 5 nitrogen and oxygen atoms in total. The maximum atomic E-state index is 12.5. The summed E-state index contributed by atoms with van der Waals surface area (Å²) in [7, 11) is 1.72. The molecule has 0 aliphatic rings. The molecule has 0 saturated carbocycles. The minimum atomic E-state index is -5.85. The number of ether oxygens (including phenoxy) is 3. The Morgan fingerprint density at radius 2 is 1.48 bits per heavy atom. The highest BCUT2D eigenvalue weighted by Crippen LogP contribution is 2.35. The Morgan fingerprint density at radius 1 is 1.00 bits per heavy atom. The van der Waals surface area contributed by atoms with Crippen LogP contribution in [0.3, 0.4) is 0 Å². The molecule has 0 N–H and O–H groups in total. The molecule has 0 amide bonds. The van der Waals surface area contributed by atoms with Crippen molar-refractivity contribution in [2.75, 3.05) is 20.8 Å². The second-order valence-corrected chi connectivity index (χ2v) is 3.01. The van der Waals surface area contributed by atoms with Crippen molar-refractivity contribution in [3.8, 4) is 0 Å². The third-order valence-electron chi connectivity index (χ3n) is 1.66. The largest absolute Gasteiger partial charge is 0.480 e. The van der Waals surface area contributed by atoms with Crippen LogP contribution in [0.15, 0.2) is 11.8 Å². The average molecular weight is 322 g/mol. The molecule has 0 atom stereocenters. The van der Waals surface area contributed by atoms with Crippen molar-refractivity contribution in [1.82, 2.24) is 0 Å². The van der Waals surface area contributed by atoms with E-state index in [-0.39, 0.29) is 6.08 Å². The van der Waals surface area contributed by atoms with Gasteiger partial charge in [0.2, 0.25) is 5.76 Å². The summed E-state index contributed by atoms with van der Waals surface area (Å²) in [5.41, 5.74) is 0. The molecule has 0 bridgehead atoms. The number of esters is 2. The Hall–Kier alpha value is -1.87. The van der Waals surface area contributed by atoms with Crippen LogP contribution in [0.2, 0.25) is 0 Å². The van der Waals surface area contributed by atoms with Crippen LogP contribution in [-0.4, -0.2) is 44.9 Å². The van der Waals surface area contributed by atoms with Gasteiger partial charge in [0.15, 0.2) is 6.61 Å². The fourth-order valence-electron chi connectivity index (χ4n) is 0.676. The Bertz CT molecular complexity index is 376. The van der Waals surface area contributed by atoms with Crippen molar-refractivity contribution in [3.63, 3.8) is 0 Å². The molecule has 0 aromatic rings. The van der Waals surface area contributed by atoms with Crippen LogP contribution >= 0.6 is 0 Å². The van der Waals surface area contributed by atoms with E-state index in [1.807, 2.05) is 13.8 Å². The van der Waals surface area contributed by atoms with E-state index < -0.39 is 36.4 Å². The fraction of sp³-hybridized carbons (Fsp3) is 0.636. The van der Waals surface area contributed by atoms with E-state index in [1.165, 1.54) is 0 Å². The van der Waals surface area contributed by atoms with Gasteiger partial charge in [0.1, 0.15) is 0 Å². The van der Waals surface area contributed by atoms with E-state index in [0.717, 1.165) is 14.2 Å². The average Bonchev–Trinajstić information content (AvgIpc) is 2.43. The van der Waals surface area contributed by atoms with Gasteiger partial charge in [-0.1, -0.05) is 13.8 Å².